The summed E-state index contributed by atoms with van der Waals surface area (Å²) in [4.78, 5) is 7.92. The number of nitrogens with zero attached hydrogens (tertiary/aromatic N) is 2. The van der Waals surface area contributed by atoms with Crippen molar-refractivity contribution < 1.29 is 9.84 Å². The van der Waals surface area contributed by atoms with Gasteiger partial charge in [-0.15, -0.1) is 0 Å². The molecule has 0 spiro atoms. The minimum absolute atomic E-state index is 0.139. The Labute approximate surface area is 106 Å². The number of rotatable bonds is 4. The van der Waals surface area contributed by atoms with Crippen LogP contribution in [0.25, 0.3) is 0 Å². The van der Waals surface area contributed by atoms with E-state index in [4.69, 9.17) is 4.74 Å². The van der Waals surface area contributed by atoms with Crippen molar-refractivity contribution in [3.05, 3.63) is 47.9 Å². The largest absolute Gasteiger partial charge is 0.438 e. The zero-order chi connectivity index (χ0) is 13.0. The molecule has 0 fully saturated rings. The normalized spacial score (nSPS) is 10.7. The van der Waals surface area contributed by atoms with E-state index in [0.29, 0.717) is 17.4 Å². The lowest BCUT2D eigenvalue weighted by atomic mass is 10.0. The molecule has 0 aliphatic heterocycles. The maximum absolute atomic E-state index is 9.21. The number of aliphatic hydroxyl groups excluding tert-OH is 1. The highest BCUT2D eigenvalue weighted by Gasteiger charge is 2.11. The summed E-state index contributed by atoms with van der Waals surface area (Å²) in [5.41, 5.74) is 1.69. The third kappa shape index (κ3) is 2.65. The van der Waals surface area contributed by atoms with Crippen LogP contribution >= 0.6 is 0 Å². The summed E-state index contributed by atoms with van der Waals surface area (Å²) in [6, 6.07) is 7.83. The molecule has 2 rings (SSSR count). The Hall–Kier alpha value is -1.94. The molecule has 4 heteroatoms. The molecule has 0 amide bonds. The van der Waals surface area contributed by atoms with Crippen LogP contribution in [0, 0.1) is 0 Å². The molecule has 0 radical (unpaired) electrons. The highest BCUT2D eigenvalue weighted by Crippen LogP contribution is 2.30. The van der Waals surface area contributed by atoms with Crippen LogP contribution in [-0.4, -0.2) is 15.1 Å². The Balaban J connectivity index is 2.34. The number of aliphatic hydroxyl groups is 1. The van der Waals surface area contributed by atoms with E-state index in [0.717, 1.165) is 11.3 Å². The maximum Gasteiger partial charge on any atom is 0.227 e. The summed E-state index contributed by atoms with van der Waals surface area (Å²) < 4.78 is 5.78. The topological polar surface area (TPSA) is 55.2 Å². The summed E-state index contributed by atoms with van der Waals surface area (Å²) in [6.07, 6.45) is 2.97. The Morgan fingerprint density at radius 3 is 2.78 bits per heavy atom. The van der Waals surface area contributed by atoms with Crippen molar-refractivity contribution in [2.75, 3.05) is 0 Å². The predicted molar refractivity (Wildman–Crippen MR) is 68.6 cm³/mol. The number of hydrogen-bond acceptors (Lipinski definition) is 4. The van der Waals surface area contributed by atoms with E-state index in [9.17, 15) is 5.11 Å². The van der Waals surface area contributed by atoms with Crippen molar-refractivity contribution in [1.82, 2.24) is 9.97 Å². The van der Waals surface area contributed by atoms with Gasteiger partial charge in [0, 0.05) is 6.20 Å². The summed E-state index contributed by atoms with van der Waals surface area (Å²) in [5.74, 6) is 1.53. The summed E-state index contributed by atoms with van der Waals surface area (Å²) in [6.45, 7) is 4.07. The first-order valence-corrected chi connectivity index (χ1v) is 5.89. The zero-order valence-corrected chi connectivity index (χ0v) is 10.5. The molecule has 1 aromatic carbocycles. The van der Waals surface area contributed by atoms with Gasteiger partial charge in [0.05, 0.1) is 12.2 Å². The third-order valence-electron chi connectivity index (χ3n) is 2.66. The molecule has 0 aliphatic rings. The monoisotopic (exact) mass is 244 g/mol. The molecule has 94 valence electrons. The lowest BCUT2D eigenvalue weighted by Gasteiger charge is -2.13. The third-order valence-corrected chi connectivity index (χ3v) is 2.66. The van der Waals surface area contributed by atoms with Crippen LogP contribution in [0.4, 0.5) is 0 Å². The number of hydrogen-bond donors (Lipinski definition) is 1. The molecule has 4 nitrogen and oxygen atoms in total. The number of para-hydroxylation sites is 1. The van der Waals surface area contributed by atoms with Crippen LogP contribution in [0.5, 0.6) is 11.6 Å². The van der Waals surface area contributed by atoms with E-state index in [1.54, 1.807) is 6.20 Å². The van der Waals surface area contributed by atoms with E-state index in [1.165, 1.54) is 6.33 Å². The SMILES string of the molecule is CC(C)c1ccccc1Oc1ncncc1CO. The van der Waals surface area contributed by atoms with Crippen LogP contribution in [0.1, 0.15) is 30.9 Å². The lowest BCUT2D eigenvalue weighted by molar-refractivity contribution is 0.274. The molecule has 0 aliphatic carbocycles. The van der Waals surface area contributed by atoms with Crippen molar-refractivity contribution in [2.24, 2.45) is 0 Å². The average Bonchev–Trinajstić information content (AvgIpc) is 2.40. The highest BCUT2D eigenvalue weighted by molar-refractivity contribution is 5.39. The van der Waals surface area contributed by atoms with Crippen LogP contribution in [0.2, 0.25) is 0 Å². The van der Waals surface area contributed by atoms with Crippen LogP contribution in [-0.2, 0) is 6.61 Å². The van der Waals surface area contributed by atoms with Crippen molar-refractivity contribution in [3.63, 3.8) is 0 Å². The van der Waals surface area contributed by atoms with Gasteiger partial charge < -0.3 is 9.84 Å². The molecule has 0 saturated carbocycles. The molecule has 0 unspecified atom stereocenters. The second-order valence-electron chi connectivity index (χ2n) is 4.31. The van der Waals surface area contributed by atoms with E-state index in [2.05, 4.69) is 23.8 Å². The molecule has 0 bridgehead atoms. The van der Waals surface area contributed by atoms with Gasteiger partial charge in [0.25, 0.3) is 0 Å². The van der Waals surface area contributed by atoms with Crippen molar-refractivity contribution in [1.29, 1.82) is 0 Å². The zero-order valence-electron chi connectivity index (χ0n) is 10.5. The van der Waals surface area contributed by atoms with Gasteiger partial charge in [-0.25, -0.2) is 9.97 Å². The Kier molecular flexibility index (Phi) is 3.89. The molecule has 1 aromatic heterocycles. The second-order valence-corrected chi connectivity index (χ2v) is 4.31. The molecule has 0 saturated heterocycles. The summed E-state index contributed by atoms with van der Waals surface area (Å²) in [5, 5.41) is 9.21. The molecule has 1 N–H and O–H groups in total. The standard InChI is InChI=1S/C14H16N2O2/c1-10(2)12-5-3-4-6-13(12)18-14-11(8-17)7-15-9-16-14/h3-7,9-10,17H,8H2,1-2H3. The van der Waals surface area contributed by atoms with Gasteiger partial charge in [-0.1, -0.05) is 32.0 Å². The van der Waals surface area contributed by atoms with Crippen LogP contribution in [0.15, 0.2) is 36.8 Å². The Morgan fingerprint density at radius 2 is 2.06 bits per heavy atom. The first-order valence-electron chi connectivity index (χ1n) is 5.89. The minimum Gasteiger partial charge on any atom is -0.438 e. The first-order chi connectivity index (χ1) is 8.72. The van der Waals surface area contributed by atoms with Gasteiger partial charge in [-0.2, -0.15) is 0 Å². The van der Waals surface area contributed by atoms with Gasteiger partial charge in [0.1, 0.15) is 12.1 Å². The lowest BCUT2D eigenvalue weighted by Crippen LogP contribution is -1.99. The predicted octanol–water partition coefficient (Wildman–Crippen LogP) is 2.88. The van der Waals surface area contributed by atoms with Crippen molar-refractivity contribution in [3.8, 4) is 11.6 Å². The Bertz CT molecular complexity index is 527. The van der Waals surface area contributed by atoms with E-state index >= 15 is 0 Å². The van der Waals surface area contributed by atoms with E-state index in [1.807, 2.05) is 24.3 Å². The molecule has 2 aromatic rings. The fraction of sp³-hybridized carbons (Fsp3) is 0.286. The molecular formula is C14H16N2O2. The number of benzene rings is 1. The Morgan fingerprint density at radius 1 is 1.28 bits per heavy atom. The van der Waals surface area contributed by atoms with Crippen LogP contribution in [0.3, 0.4) is 0 Å². The van der Waals surface area contributed by atoms with Gasteiger partial charge >= 0.3 is 0 Å². The van der Waals surface area contributed by atoms with Gasteiger partial charge in [0.15, 0.2) is 0 Å². The molecule has 1 heterocycles. The van der Waals surface area contributed by atoms with E-state index in [-0.39, 0.29) is 6.61 Å². The quantitative estimate of drug-likeness (QED) is 0.898. The van der Waals surface area contributed by atoms with Crippen molar-refractivity contribution in [2.45, 2.75) is 26.4 Å². The number of aromatic nitrogens is 2. The maximum atomic E-state index is 9.21. The van der Waals surface area contributed by atoms with Gasteiger partial charge in [-0.3, -0.25) is 0 Å². The average molecular weight is 244 g/mol. The second kappa shape index (κ2) is 5.60. The van der Waals surface area contributed by atoms with E-state index < -0.39 is 0 Å². The van der Waals surface area contributed by atoms with Gasteiger partial charge in [0.2, 0.25) is 5.88 Å². The fourth-order valence-corrected chi connectivity index (χ4v) is 1.70. The number of ether oxygens (including phenoxy) is 1. The first kappa shape index (κ1) is 12.5. The van der Waals surface area contributed by atoms with Gasteiger partial charge in [-0.05, 0) is 17.5 Å². The van der Waals surface area contributed by atoms with Crippen molar-refractivity contribution >= 4 is 0 Å². The van der Waals surface area contributed by atoms with Crippen LogP contribution < -0.4 is 4.74 Å². The molecule has 18 heavy (non-hydrogen) atoms. The highest BCUT2D eigenvalue weighted by atomic mass is 16.5. The smallest absolute Gasteiger partial charge is 0.227 e. The fourth-order valence-electron chi connectivity index (χ4n) is 1.70. The molecular weight excluding hydrogens is 228 g/mol. The summed E-state index contributed by atoms with van der Waals surface area (Å²) >= 11 is 0. The minimum atomic E-state index is -0.139. The molecule has 0 atom stereocenters. The summed E-state index contributed by atoms with van der Waals surface area (Å²) in [7, 11) is 0.